The number of thioether (sulfide) groups is 1. The van der Waals surface area contributed by atoms with Crippen molar-refractivity contribution in [1.82, 2.24) is 4.90 Å². The number of rotatable bonds is 7. The SMILES string of the molecule is COC1(CSc2cccc(Cl)c2)CCN(CCc2coc3ccccc23)CC1. The molecule has 1 fully saturated rings. The third kappa shape index (κ3) is 4.57. The first-order valence-corrected chi connectivity index (χ1v) is 11.1. The summed E-state index contributed by atoms with van der Waals surface area (Å²) in [5.41, 5.74) is 2.23. The van der Waals surface area contributed by atoms with Gasteiger partial charge in [-0.3, -0.25) is 0 Å². The lowest BCUT2D eigenvalue weighted by molar-refractivity contribution is -0.0385. The zero-order valence-electron chi connectivity index (χ0n) is 16.2. The van der Waals surface area contributed by atoms with Gasteiger partial charge in [-0.15, -0.1) is 11.8 Å². The number of methoxy groups -OCH3 is 1. The van der Waals surface area contributed by atoms with Crippen LogP contribution in [-0.2, 0) is 11.2 Å². The van der Waals surface area contributed by atoms with Crippen molar-refractivity contribution in [1.29, 1.82) is 0 Å². The second kappa shape index (κ2) is 8.91. The van der Waals surface area contributed by atoms with E-state index in [1.807, 2.05) is 55.5 Å². The topological polar surface area (TPSA) is 25.6 Å². The number of likely N-dealkylation sites (tertiary alicyclic amines) is 1. The van der Waals surface area contributed by atoms with E-state index in [4.69, 9.17) is 20.8 Å². The molecule has 0 N–H and O–H groups in total. The highest BCUT2D eigenvalue weighted by molar-refractivity contribution is 7.99. The van der Waals surface area contributed by atoms with Gasteiger partial charge in [-0.05, 0) is 49.1 Å². The number of hydrogen-bond donors (Lipinski definition) is 0. The van der Waals surface area contributed by atoms with Gasteiger partial charge in [0.05, 0.1) is 11.9 Å². The van der Waals surface area contributed by atoms with Crippen LogP contribution < -0.4 is 0 Å². The summed E-state index contributed by atoms with van der Waals surface area (Å²) in [6, 6.07) is 16.3. The van der Waals surface area contributed by atoms with Gasteiger partial charge < -0.3 is 14.1 Å². The van der Waals surface area contributed by atoms with Gasteiger partial charge in [0.25, 0.3) is 0 Å². The molecule has 0 saturated carbocycles. The molecule has 0 amide bonds. The van der Waals surface area contributed by atoms with Gasteiger partial charge >= 0.3 is 0 Å². The molecule has 4 rings (SSSR count). The smallest absolute Gasteiger partial charge is 0.134 e. The predicted molar refractivity (Wildman–Crippen MR) is 118 cm³/mol. The average Bonchev–Trinajstić information content (AvgIpc) is 3.15. The van der Waals surface area contributed by atoms with Crippen LogP contribution in [-0.4, -0.2) is 43.0 Å². The summed E-state index contributed by atoms with van der Waals surface area (Å²) in [5.74, 6) is 0.962. The Balaban J connectivity index is 1.30. The van der Waals surface area contributed by atoms with Crippen LogP contribution >= 0.6 is 23.4 Å². The lowest BCUT2D eigenvalue weighted by Gasteiger charge is -2.40. The molecule has 3 nitrogen and oxygen atoms in total. The van der Waals surface area contributed by atoms with Crippen molar-refractivity contribution in [2.75, 3.05) is 32.5 Å². The Hall–Kier alpha value is -1.46. The lowest BCUT2D eigenvalue weighted by Crippen LogP contribution is -2.47. The third-order valence-corrected chi connectivity index (χ3v) is 7.25. The maximum absolute atomic E-state index is 6.11. The van der Waals surface area contributed by atoms with Crippen molar-refractivity contribution in [2.24, 2.45) is 0 Å². The number of para-hydroxylation sites is 1. The maximum Gasteiger partial charge on any atom is 0.134 e. The number of nitrogens with zero attached hydrogens (tertiary/aromatic N) is 1. The normalized spacial score (nSPS) is 17.2. The van der Waals surface area contributed by atoms with Crippen LogP contribution in [0.4, 0.5) is 0 Å². The predicted octanol–water partition coefficient (Wildman–Crippen LogP) is 5.90. The molecule has 5 heteroatoms. The number of furan rings is 1. The molecule has 0 aliphatic carbocycles. The Bertz CT molecular complexity index is 918. The van der Waals surface area contributed by atoms with Crippen molar-refractivity contribution in [2.45, 2.75) is 29.8 Å². The van der Waals surface area contributed by atoms with Crippen LogP contribution in [0.5, 0.6) is 0 Å². The summed E-state index contributed by atoms with van der Waals surface area (Å²) >= 11 is 7.95. The van der Waals surface area contributed by atoms with Crippen molar-refractivity contribution >= 4 is 34.3 Å². The van der Waals surface area contributed by atoms with Crippen LogP contribution in [0.3, 0.4) is 0 Å². The highest BCUT2D eigenvalue weighted by Gasteiger charge is 2.34. The van der Waals surface area contributed by atoms with E-state index in [9.17, 15) is 0 Å². The highest BCUT2D eigenvalue weighted by atomic mass is 35.5. The van der Waals surface area contributed by atoms with Crippen LogP contribution in [0, 0.1) is 0 Å². The number of hydrogen-bond acceptors (Lipinski definition) is 4. The third-order valence-electron chi connectivity index (χ3n) is 5.76. The molecule has 2 aromatic carbocycles. The standard InChI is InChI=1S/C23H26ClNO2S/c1-26-23(17-28-20-6-4-5-19(24)15-20)10-13-25(14-11-23)12-9-18-16-27-22-8-3-2-7-21(18)22/h2-8,15-16H,9-14,17H2,1H3. The first-order valence-electron chi connectivity index (χ1n) is 9.78. The zero-order chi connectivity index (χ0) is 19.4. The van der Waals surface area contributed by atoms with Crippen LogP contribution in [0.2, 0.25) is 5.02 Å². The second-order valence-corrected chi connectivity index (χ2v) is 8.97. The van der Waals surface area contributed by atoms with E-state index in [1.54, 1.807) is 0 Å². The van der Waals surface area contributed by atoms with Gasteiger partial charge in [0.1, 0.15) is 5.58 Å². The fourth-order valence-corrected chi connectivity index (χ4v) is 5.34. The number of halogens is 1. The zero-order valence-corrected chi connectivity index (χ0v) is 17.8. The van der Waals surface area contributed by atoms with Gasteiger partial charge in [-0.2, -0.15) is 0 Å². The van der Waals surface area contributed by atoms with E-state index in [0.717, 1.165) is 55.3 Å². The maximum atomic E-state index is 6.11. The molecule has 0 spiro atoms. The molecule has 148 valence electrons. The molecule has 1 saturated heterocycles. The first-order chi connectivity index (χ1) is 13.7. The highest BCUT2D eigenvalue weighted by Crippen LogP contribution is 2.33. The Labute approximate surface area is 176 Å². The molecule has 28 heavy (non-hydrogen) atoms. The van der Waals surface area contributed by atoms with E-state index in [1.165, 1.54) is 15.8 Å². The van der Waals surface area contributed by atoms with E-state index < -0.39 is 0 Å². The van der Waals surface area contributed by atoms with Gasteiger partial charge in [0.2, 0.25) is 0 Å². The number of benzene rings is 2. The van der Waals surface area contributed by atoms with Gasteiger partial charge in [0.15, 0.2) is 0 Å². The molecule has 2 heterocycles. The summed E-state index contributed by atoms with van der Waals surface area (Å²) in [4.78, 5) is 3.75. The quantitative estimate of drug-likeness (QED) is 0.448. The van der Waals surface area contributed by atoms with Gasteiger partial charge in [0, 0.05) is 47.8 Å². The molecule has 0 atom stereocenters. The lowest BCUT2D eigenvalue weighted by atomic mass is 9.93. The Morgan fingerprint density at radius 2 is 1.96 bits per heavy atom. The average molecular weight is 416 g/mol. The fraction of sp³-hybridized carbons (Fsp3) is 0.391. The van der Waals surface area contributed by atoms with E-state index in [2.05, 4.69) is 23.1 Å². The summed E-state index contributed by atoms with van der Waals surface area (Å²) < 4.78 is 11.7. The van der Waals surface area contributed by atoms with Crippen molar-refractivity contribution in [3.63, 3.8) is 0 Å². The second-order valence-electron chi connectivity index (χ2n) is 7.48. The summed E-state index contributed by atoms with van der Waals surface area (Å²) in [7, 11) is 1.85. The summed E-state index contributed by atoms with van der Waals surface area (Å²) in [5, 5.41) is 2.03. The molecule has 0 bridgehead atoms. The molecular weight excluding hydrogens is 390 g/mol. The number of fused-ring (bicyclic) bond motifs is 1. The van der Waals surface area contributed by atoms with E-state index in [-0.39, 0.29) is 5.60 Å². The Morgan fingerprint density at radius 3 is 2.75 bits per heavy atom. The minimum Gasteiger partial charge on any atom is -0.464 e. The van der Waals surface area contributed by atoms with Gasteiger partial charge in [-0.1, -0.05) is 35.9 Å². The first kappa shape index (κ1) is 19.8. The molecular formula is C23H26ClNO2S. The molecule has 0 radical (unpaired) electrons. The fourth-order valence-electron chi connectivity index (χ4n) is 3.87. The summed E-state index contributed by atoms with van der Waals surface area (Å²) in [6.07, 6.45) is 5.05. The van der Waals surface area contributed by atoms with Crippen molar-refractivity contribution in [3.05, 3.63) is 65.4 Å². The summed E-state index contributed by atoms with van der Waals surface area (Å²) in [6.45, 7) is 3.20. The molecule has 3 aromatic rings. The Morgan fingerprint density at radius 1 is 1.14 bits per heavy atom. The Kier molecular flexibility index (Phi) is 6.32. The molecule has 1 aromatic heterocycles. The van der Waals surface area contributed by atoms with Gasteiger partial charge in [-0.25, -0.2) is 0 Å². The minimum atomic E-state index is -0.0498. The minimum absolute atomic E-state index is 0.0498. The monoisotopic (exact) mass is 415 g/mol. The number of ether oxygens (including phenoxy) is 1. The molecule has 0 unspecified atom stereocenters. The number of piperidine rings is 1. The largest absolute Gasteiger partial charge is 0.464 e. The molecule has 1 aliphatic rings. The van der Waals surface area contributed by atoms with Crippen LogP contribution in [0.15, 0.2) is 64.1 Å². The van der Waals surface area contributed by atoms with Crippen LogP contribution in [0.1, 0.15) is 18.4 Å². The van der Waals surface area contributed by atoms with E-state index >= 15 is 0 Å². The van der Waals surface area contributed by atoms with Crippen LogP contribution in [0.25, 0.3) is 11.0 Å². The molecule has 1 aliphatic heterocycles. The van der Waals surface area contributed by atoms with Crippen molar-refractivity contribution < 1.29 is 9.15 Å². The van der Waals surface area contributed by atoms with Crippen molar-refractivity contribution in [3.8, 4) is 0 Å². The van der Waals surface area contributed by atoms with E-state index in [0.29, 0.717) is 0 Å².